The third-order valence-electron chi connectivity index (χ3n) is 3.44. The Balaban J connectivity index is 2.05. The van der Waals surface area contributed by atoms with Gasteiger partial charge < -0.3 is 4.57 Å². The highest BCUT2D eigenvalue weighted by Crippen LogP contribution is 2.28. The van der Waals surface area contributed by atoms with Crippen LogP contribution in [-0.4, -0.2) is 19.6 Å². The minimum Gasteiger partial charge on any atom is -0.320 e. The van der Waals surface area contributed by atoms with Crippen molar-refractivity contribution in [3.8, 4) is 0 Å². The molecular weight excluding hydrogens is 236 g/mol. The molecule has 0 radical (unpaired) electrons. The summed E-state index contributed by atoms with van der Waals surface area (Å²) in [6, 6.07) is 16.9. The Morgan fingerprint density at radius 1 is 0.842 bits per heavy atom. The van der Waals surface area contributed by atoms with Crippen molar-refractivity contribution in [2.45, 2.75) is 6.67 Å². The van der Waals surface area contributed by atoms with Crippen LogP contribution in [0, 0.1) is 0 Å². The molecule has 0 aliphatic carbocycles. The van der Waals surface area contributed by atoms with Crippen LogP contribution in [0.3, 0.4) is 0 Å². The van der Waals surface area contributed by atoms with Crippen molar-refractivity contribution in [3.63, 3.8) is 0 Å². The van der Waals surface area contributed by atoms with Gasteiger partial charge >= 0.3 is 0 Å². The normalized spacial score (nSPS) is 11.4. The molecule has 2 heterocycles. The van der Waals surface area contributed by atoms with Gasteiger partial charge in [0.15, 0.2) is 0 Å². The topological polar surface area (TPSA) is 35.6 Å². The van der Waals surface area contributed by atoms with Gasteiger partial charge in [0.1, 0.15) is 6.67 Å². The molecule has 4 aromatic rings. The quantitative estimate of drug-likeness (QED) is 0.547. The van der Waals surface area contributed by atoms with Gasteiger partial charge in [-0.15, -0.1) is 5.10 Å². The highest BCUT2D eigenvalue weighted by molar-refractivity contribution is 6.07. The molecule has 0 atom stereocenters. The molecule has 4 heteroatoms. The number of nitrogens with zero attached hydrogens (tertiary/aromatic N) is 4. The minimum atomic E-state index is 0.675. The molecular formula is C15H12N4. The molecule has 0 saturated heterocycles. The van der Waals surface area contributed by atoms with Gasteiger partial charge in [-0.05, 0) is 12.1 Å². The first-order valence-electron chi connectivity index (χ1n) is 6.23. The second-order valence-electron chi connectivity index (χ2n) is 4.55. The van der Waals surface area contributed by atoms with Crippen LogP contribution >= 0.6 is 0 Å². The Hall–Kier alpha value is -2.62. The molecule has 4 rings (SSSR count). The van der Waals surface area contributed by atoms with Crippen LogP contribution in [0.2, 0.25) is 0 Å². The zero-order chi connectivity index (χ0) is 12.7. The molecule has 19 heavy (non-hydrogen) atoms. The van der Waals surface area contributed by atoms with Crippen molar-refractivity contribution in [1.82, 2.24) is 19.6 Å². The molecule has 0 N–H and O–H groups in total. The maximum absolute atomic E-state index is 4.05. The van der Waals surface area contributed by atoms with E-state index in [0.717, 1.165) is 0 Å². The zero-order valence-electron chi connectivity index (χ0n) is 10.3. The van der Waals surface area contributed by atoms with Crippen molar-refractivity contribution >= 4 is 21.8 Å². The molecule has 0 unspecified atom stereocenters. The molecule has 92 valence electrons. The van der Waals surface area contributed by atoms with E-state index in [2.05, 4.69) is 63.4 Å². The van der Waals surface area contributed by atoms with Gasteiger partial charge in [-0.25, -0.2) is 4.68 Å². The summed E-state index contributed by atoms with van der Waals surface area (Å²) in [5.41, 5.74) is 2.44. The molecule has 4 nitrogen and oxygen atoms in total. The Bertz CT molecular complexity index is 790. The zero-order valence-corrected chi connectivity index (χ0v) is 10.3. The van der Waals surface area contributed by atoms with Crippen molar-refractivity contribution in [2.75, 3.05) is 0 Å². The van der Waals surface area contributed by atoms with E-state index in [1.807, 2.05) is 10.9 Å². The lowest BCUT2D eigenvalue weighted by molar-refractivity contribution is 0.552. The first kappa shape index (κ1) is 10.3. The predicted octanol–water partition coefficient (Wildman–Crippen LogP) is 2.89. The molecule has 0 amide bonds. The van der Waals surface area contributed by atoms with E-state index in [-0.39, 0.29) is 0 Å². The van der Waals surface area contributed by atoms with Crippen LogP contribution in [0.1, 0.15) is 0 Å². The third-order valence-corrected chi connectivity index (χ3v) is 3.44. The third kappa shape index (κ3) is 1.53. The van der Waals surface area contributed by atoms with Gasteiger partial charge in [-0.1, -0.05) is 41.6 Å². The average Bonchev–Trinajstić information content (AvgIpc) is 3.08. The number of hydrogen-bond acceptors (Lipinski definition) is 2. The highest BCUT2D eigenvalue weighted by Gasteiger charge is 2.09. The molecule has 0 bridgehead atoms. The number of rotatable bonds is 2. The van der Waals surface area contributed by atoms with Gasteiger partial charge in [0.25, 0.3) is 0 Å². The van der Waals surface area contributed by atoms with Crippen LogP contribution < -0.4 is 0 Å². The lowest BCUT2D eigenvalue weighted by Gasteiger charge is -2.06. The van der Waals surface area contributed by atoms with Crippen LogP contribution in [0.15, 0.2) is 60.9 Å². The monoisotopic (exact) mass is 248 g/mol. The Morgan fingerprint density at radius 2 is 1.47 bits per heavy atom. The summed E-state index contributed by atoms with van der Waals surface area (Å²) in [6.45, 7) is 0.675. The first-order chi connectivity index (χ1) is 9.43. The predicted molar refractivity (Wildman–Crippen MR) is 74.9 cm³/mol. The first-order valence-corrected chi connectivity index (χ1v) is 6.23. The van der Waals surface area contributed by atoms with Crippen LogP contribution in [0.4, 0.5) is 0 Å². The van der Waals surface area contributed by atoms with Crippen molar-refractivity contribution in [2.24, 2.45) is 0 Å². The lowest BCUT2D eigenvalue weighted by Crippen LogP contribution is -2.08. The highest BCUT2D eigenvalue weighted by atomic mass is 15.4. The Morgan fingerprint density at radius 3 is 2.05 bits per heavy atom. The average molecular weight is 248 g/mol. The van der Waals surface area contributed by atoms with E-state index in [9.17, 15) is 0 Å². The van der Waals surface area contributed by atoms with E-state index >= 15 is 0 Å². The summed E-state index contributed by atoms with van der Waals surface area (Å²) < 4.78 is 4.10. The Labute approximate surface area is 109 Å². The lowest BCUT2D eigenvalue weighted by atomic mass is 10.2. The second-order valence-corrected chi connectivity index (χ2v) is 4.55. The van der Waals surface area contributed by atoms with Gasteiger partial charge in [-0.2, -0.15) is 0 Å². The summed E-state index contributed by atoms with van der Waals surface area (Å²) in [7, 11) is 0. The van der Waals surface area contributed by atoms with E-state index < -0.39 is 0 Å². The van der Waals surface area contributed by atoms with Crippen LogP contribution in [0.5, 0.6) is 0 Å². The Kier molecular flexibility index (Phi) is 2.14. The van der Waals surface area contributed by atoms with E-state index in [1.165, 1.54) is 21.8 Å². The molecule has 2 aromatic heterocycles. The summed E-state index contributed by atoms with van der Waals surface area (Å²) in [5.74, 6) is 0. The van der Waals surface area contributed by atoms with Gasteiger partial charge in [0, 0.05) is 17.0 Å². The van der Waals surface area contributed by atoms with Gasteiger partial charge in [0.05, 0.1) is 17.2 Å². The van der Waals surface area contributed by atoms with E-state index in [4.69, 9.17) is 0 Å². The fourth-order valence-corrected chi connectivity index (χ4v) is 2.61. The maximum Gasteiger partial charge on any atom is 0.118 e. The molecule has 2 aromatic carbocycles. The van der Waals surface area contributed by atoms with Gasteiger partial charge in [-0.3, -0.25) is 0 Å². The van der Waals surface area contributed by atoms with E-state index in [1.54, 1.807) is 6.20 Å². The fourth-order valence-electron chi connectivity index (χ4n) is 2.61. The van der Waals surface area contributed by atoms with Crippen molar-refractivity contribution < 1.29 is 0 Å². The second kappa shape index (κ2) is 3.95. The number of benzene rings is 2. The standard InChI is InChI=1S/C15H12N4/c1-3-7-14-12(5-1)13-6-2-4-8-15(13)19(14)11-18-10-9-16-17-18/h1-10H,11H2. The van der Waals surface area contributed by atoms with Crippen molar-refractivity contribution in [1.29, 1.82) is 0 Å². The van der Waals surface area contributed by atoms with Crippen molar-refractivity contribution in [3.05, 3.63) is 60.9 Å². The van der Waals surface area contributed by atoms with Crippen LogP contribution in [0.25, 0.3) is 21.8 Å². The van der Waals surface area contributed by atoms with E-state index in [0.29, 0.717) is 6.67 Å². The molecule has 0 fully saturated rings. The molecule has 0 spiro atoms. The smallest absolute Gasteiger partial charge is 0.118 e. The summed E-state index contributed by atoms with van der Waals surface area (Å²) in [5, 5.41) is 10.5. The largest absolute Gasteiger partial charge is 0.320 e. The summed E-state index contributed by atoms with van der Waals surface area (Å²) >= 11 is 0. The SMILES string of the molecule is c1ccc2c(c1)c1ccccc1n2Cn1ccnn1. The van der Waals surface area contributed by atoms with Gasteiger partial charge in [0.2, 0.25) is 0 Å². The maximum atomic E-state index is 4.05. The number of para-hydroxylation sites is 2. The number of fused-ring (bicyclic) bond motifs is 3. The fraction of sp³-hybridized carbons (Fsp3) is 0.0667. The molecule has 0 saturated carbocycles. The number of aromatic nitrogens is 4. The van der Waals surface area contributed by atoms with Crippen LogP contribution in [-0.2, 0) is 6.67 Å². The number of hydrogen-bond donors (Lipinski definition) is 0. The minimum absolute atomic E-state index is 0.675. The molecule has 0 aliphatic heterocycles. The molecule has 0 aliphatic rings. The summed E-state index contributed by atoms with van der Waals surface area (Å²) in [4.78, 5) is 0. The summed E-state index contributed by atoms with van der Waals surface area (Å²) in [6.07, 6.45) is 3.58.